The second-order valence-electron chi connectivity index (χ2n) is 7.16. The molecule has 2 aromatic heterocycles. The maximum absolute atomic E-state index is 11.6. The molecule has 140 valence electrons. The van der Waals surface area contributed by atoms with Gasteiger partial charge >= 0.3 is 0 Å². The number of primary amides is 1. The maximum atomic E-state index is 11.6. The lowest BCUT2D eigenvalue weighted by atomic mass is 9.96. The number of nitrogens with two attached hydrogens (primary N) is 1. The average molecular weight is 378 g/mol. The summed E-state index contributed by atoms with van der Waals surface area (Å²) < 4.78 is 0. The number of nitrogens with one attached hydrogen (secondary N) is 1. The summed E-state index contributed by atoms with van der Waals surface area (Å²) in [6, 6.07) is 21.9. The van der Waals surface area contributed by atoms with E-state index in [1.807, 2.05) is 43.3 Å². The Balaban J connectivity index is 1.66. The predicted octanol–water partition coefficient (Wildman–Crippen LogP) is 4.85. The van der Waals surface area contributed by atoms with Gasteiger partial charge in [0.15, 0.2) is 0 Å². The lowest BCUT2D eigenvalue weighted by Gasteiger charge is -2.10. The Hall–Kier alpha value is -3.99. The van der Waals surface area contributed by atoms with Crippen LogP contribution in [0.15, 0.2) is 72.9 Å². The highest BCUT2D eigenvalue weighted by molar-refractivity contribution is 5.99. The largest absolute Gasteiger partial charge is 0.366 e. The van der Waals surface area contributed by atoms with Crippen molar-refractivity contribution in [3.8, 4) is 22.5 Å². The van der Waals surface area contributed by atoms with E-state index in [0.29, 0.717) is 5.56 Å². The zero-order valence-electron chi connectivity index (χ0n) is 15.8. The van der Waals surface area contributed by atoms with Crippen LogP contribution in [0, 0.1) is 6.92 Å². The highest BCUT2D eigenvalue weighted by Crippen LogP contribution is 2.32. The Morgan fingerprint density at radius 2 is 1.83 bits per heavy atom. The number of rotatable bonds is 3. The second-order valence-corrected chi connectivity index (χ2v) is 7.16. The Morgan fingerprint density at radius 1 is 0.966 bits per heavy atom. The minimum Gasteiger partial charge on any atom is -0.366 e. The summed E-state index contributed by atoms with van der Waals surface area (Å²) in [6.45, 7) is 2.02. The van der Waals surface area contributed by atoms with Crippen LogP contribution >= 0.6 is 0 Å². The van der Waals surface area contributed by atoms with E-state index in [-0.39, 0.29) is 0 Å². The normalized spacial score (nSPS) is 11.2. The summed E-state index contributed by atoms with van der Waals surface area (Å²) in [4.78, 5) is 15.0. The molecule has 3 N–H and O–H groups in total. The molecule has 0 radical (unpaired) electrons. The molecule has 0 saturated carbocycles. The van der Waals surface area contributed by atoms with E-state index in [2.05, 4.69) is 39.4 Å². The molecule has 29 heavy (non-hydrogen) atoms. The number of H-pyrrole nitrogens is 1. The fourth-order valence-corrected chi connectivity index (χ4v) is 3.74. The van der Waals surface area contributed by atoms with Crippen LogP contribution in [0.1, 0.15) is 15.9 Å². The standard InChI is InChI=1S/C24H18N4O/c1-14-6-7-17(24(25)29)11-20(14)15-8-9-19-18(10-15)13-26-28-23(19)22-12-16-4-2-3-5-21(16)27-22/h2-13,27H,1H3,(H2,25,29). The molecule has 0 bridgehead atoms. The third-order valence-electron chi connectivity index (χ3n) is 5.28. The number of benzene rings is 3. The average Bonchev–Trinajstić information content (AvgIpc) is 3.17. The van der Waals surface area contributed by atoms with Crippen LogP contribution in [0.25, 0.3) is 44.2 Å². The molecule has 1 amide bonds. The molecule has 2 heterocycles. The van der Waals surface area contributed by atoms with Gasteiger partial charge in [0.1, 0.15) is 5.69 Å². The fraction of sp³-hybridized carbons (Fsp3) is 0.0417. The van der Waals surface area contributed by atoms with Gasteiger partial charge in [-0.3, -0.25) is 4.79 Å². The minimum atomic E-state index is -0.431. The summed E-state index contributed by atoms with van der Waals surface area (Å²) in [6.07, 6.45) is 1.76. The van der Waals surface area contributed by atoms with Gasteiger partial charge in [0.05, 0.1) is 11.9 Å². The third-order valence-corrected chi connectivity index (χ3v) is 5.28. The van der Waals surface area contributed by atoms with E-state index in [1.165, 1.54) is 0 Å². The van der Waals surface area contributed by atoms with Crippen molar-refractivity contribution in [3.63, 3.8) is 0 Å². The molecule has 0 atom stereocenters. The number of carbonyl (C=O) groups is 1. The van der Waals surface area contributed by atoms with Gasteiger partial charge in [-0.2, -0.15) is 5.10 Å². The van der Waals surface area contributed by atoms with E-state index < -0.39 is 5.91 Å². The van der Waals surface area contributed by atoms with Gasteiger partial charge in [-0.25, -0.2) is 0 Å². The quantitative estimate of drug-likeness (QED) is 0.470. The van der Waals surface area contributed by atoms with Crippen LogP contribution in [-0.4, -0.2) is 21.1 Å². The van der Waals surface area contributed by atoms with Crippen molar-refractivity contribution in [3.05, 3.63) is 84.1 Å². The zero-order valence-corrected chi connectivity index (χ0v) is 15.8. The third kappa shape index (κ3) is 2.93. The molecular formula is C24H18N4O. The molecule has 5 aromatic rings. The van der Waals surface area contributed by atoms with Gasteiger partial charge in [0.2, 0.25) is 5.91 Å². The summed E-state index contributed by atoms with van der Waals surface area (Å²) in [7, 11) is 0. The van der Waals surface area contributed by atoms with Crippen molar-refractivity contribution < 1.29 is 4.79 Å². The van der Waals surface area contributed by atoms with Crippen molar-refractivity contribution in [2.24, 2.45) is 5.73 Å². The summed E-state index contributed by atoms with van der Waals surface area (Å²) in [5.74, 6) is -0.431. The molecule has 0 saturated heterocycles. The minimum absolute atomic E-state index is 0.431. The van der Waals surface area contributed by atoms with Gasteiger partial charge in [0.25, 0.3) is 0 Å². The topological polar surface area (TPSA) is 84.7 Å². The van der Waals surface area contributed by atoms with Crippen LogP contribution in [-0.2, 0) is 0 Å². The molecule has 5 heteroatoms. The van der Waals surface area contributed by atoms with Gasteiger partial charge in [-0.1, -0.05) is 36.4 Å². The van der Waals surface area contributed by atoms with Crippen molar-refractivity contribution >= 4 is 27.6 Å². The molecule has 0 aliphatic rings. The Bertz CT molecular complexity index is 1370. The van der Waals surface area contributed by atoms with Crippen LogP contribution in [0.3, 0.4) is 0 Å². The van der Waals surface area contributed by atoms with Crippen molar-refractivity contribution in [2.75, 3.05) is 0 Å². The highest BCUT2D eigenvalue weighted by atomic mass is 16.1. The van der Waals surface area contributed by atoms with E-state index >= 15 is 0 Å². The van der Waals surface area contributed by atoms with Gasteiger partial charge < -0.3 is 10.7 Å². The molecule has 0 aliphatic carbocycles. The number of aromatic amines is 1. The zero-order chi connectivity index (χ0) is 20.0. The lowest BCUT2D eigenvalue weighted by molar-refractivity contribution is 0.100. The summed E-state index contributed by atoms with van der Waals surface area (Å²) >= 11 is 0. The van der Waals surface area contributed by atoms with E-state index in [1.54, 1.807) is 12.3 Å². The Labute approximate surface area is 167 Å². The first-order valence-corrected chi connectivity index (χ1v) is 9.34. The number of hydrogen-bond acceptors (Lipinski definition) is 3. The lowest BCUT2D eigenvalue weighted by Crippen LogP contribution is -2.10. The number of aryl methyl sites for hydroxylation is 1. The number of hydrogen-bond donors (Lipinski definition) is 2. The Morgan fingerprint density at radius 3 is 2.66 bits per heavy atom. The van der Waals surface area contributed by atoms with Crippen LogP contribution < -0.4 is 5.73 Å². The molecule has 0 unspecified atom stereocenters. The van der Waals surface area contributed by atoms with Crippen LogP contribution in [0.5, 0.6) is 0 Å². The molecule has 0 spiro atoms. The monoisotopic (exact) mass is 378 g/mol. The molecule has 0 aliphatic heterocycles. The molecule has 3 aromatic carbocycles. The highest BCUT2D eigenvalue weighted by Gasteiger charge is 2.12. The number of para-hydroxylation sites is 1. The first kappa shape index (κ1) is 17.1. The molecule has 5 rings (SSSR count). The maximum Gasteiger partial charge on any atom is 0.248 e. The number of aromatic nitrogens is 3. The number of amides is 1. The SMILES string of the molecule is Cc1ccc(C(N)=O)cc1-c1ccc2c(-c3cc4ccccc4[nH]3)nncc2c1. The first-order valence-electron chi connectivity index (χ1n) is 9.34. The first-order chi connectivity index (χ1) is 14.1. The smallest absolute Gasteiger partial charge is 0.248 e. The van der Waals surface area contributed by atoms with E-state index in [0.717, 1.165) is 49.8 Å². The van der Waals surface area contributed by atoms with Gasteiger partial charge in [-0.05, 0) is 53.9 Å². The number of fused-ring (bicyclic) bond motifs is 2. The Kier molecular flexibility index (Phi) is 3.88. The van der Waals surface area contributed by atoms with Crippen molar-refractivity contribution in [2.45, 2.75) is 6.92 Å². The summed E-state index contributed by atoms with van der Waals surface area (Å²) in [5.41, 5.74) is 11.8. The molecule has 0 fully saturated rings. The number of nitrogens with zero attached hydrogens (tertiary/aromatic N) is 2. The molecule has 5 nitrogen and oxygen atoms in total. The van der Waals surface area contributed by atoms with E-state index in [9.17, 15) is 4.79 Å². The molecular weight excluding hydrogens is 360 g/mol. The fourth-order valence-electron chi connectivity index (χ4n) is 3.74. The predicted molar refractivity (Wildman–Crippen MR) is 116 cm³/mol. The summed E-state index contributed by atoms with van der Waals surface area (Å²) in [5, 5.41) is 11.7. The van der Waals surface area contributed by atoms with E-state index in [4.69, 9.17) is 5.73 Å². The van der Waals surface area contributed by atoms with Crippen molar-refractivity contribution in [1.29, 1.82) is 0 Å². The second kappa shape index (κ2) is 6.56. The number of carbonyl (C=O) groups excluding carboxylic acids is 1. The van der Waals surface area contributed by atoms with Crippen LogP contribution in [0.4, 0.5) is 0 Å². The van der Waals surface area contributed by atoms with Crippen molar-refractivity contribution in [1.82, 2.24) is 15.2 Å². The van der Waals surface area contributed by atoms with Crippen LogP contribution in [0.2, 0.25) is 0 Å². The van der Waals surface area contributed by atoms with Gasteiger partial charge in [0, 0.05) is 27.2 Å². The van der Waals surface area contributed by atoms with Gasteiger partial charge in [-0.15, -0.1) is 5.10 Å².